The van der Waals surface area contributed by atoms with Gasteiger partial charge in [0.15, 0.2) is 0 Å². The summed E-state index contributed by atoms with van der Waals surface area (Å²) in [6.45, 7) is 7.84. The maximum atomic E-state index is 12.3. The molecule has 1 fully saturated rings. The summed E-state index contributed by atoms with van der Waals surface area (Å²) in [7, 11) is -3.33. The third-order valence-corrected chi connectivity index (χ3v) is 5.36. The van der Waals surface area contributed by atoms with Crippen molar-refractivity contribution in [3.63, 3.8) is 0 Å². The van der Waals surface area contributed by atoms with E-state index in [1.54, 1.807) is 23.1 Å². The van der Waals surface area contributed by atoms with Gasteiger partial charge in [-0.3, -0.25) is 4.72 Å². The number of amides is 1. The molecule has 0 bridgehead atoms. The molecule has 2 aromatic rings. The monoisotopic (exact) mass is 466 g/mol. The number of carbonyl (C=O) groups excluding carboxylic acids is 1. The average molecular weight is 467 g/mol. The quantitative estimate of drug-likeness (QED) is 0.688. The van der Waals surface area contributed by atoms with E-state index in [9.17, 15) is 13.2 Å². The standard InChI is InChI=1S/C21H27ClN4O4S/c1-21(2,3)30-20(27)26-11-9-25(10-12-26)19-14-16(13-18(22)23-19)15-5-7-17(8-6-15)24-31(4,28)29/h5-8,13-14,24H,9-12H2,1-4H3. The Morgan fingerprint density at radius 1 is 1.06 bits per heavy atom. The number of benzene rings is 1. The average Bonchev–Trinajstić information content (AvgIpc) is 2.65. The zero-order valence-corrected chi connectivity index (χ0v) is 19.6. The molecule has 3 rings (SSSR count). The van der Waals surface area contributed by atoms with Crippen LogP contribution in [0.4, 0.5) is 16.3 Å². The zero-order chi connectivity index (χ0) is 22.8. The molecule has 1 aliphatic rings. The van der Waals surface area contributed by atoms with E-state index in [2.05, 4.69) is 14.6 Å². The number of piperazine rings is 1. The van der Waals surface area contributed by atoms with E-state index in [4.69, 9.17) is 16.3 Å². The Morgan fingerprint density at radius 2 is 1.68 bits per heavy atom. The van der Waals surface area contributed by atoms with Gasteiger partial charge in [0.05, 0.1) is 6.26 Å². The molecular weight excluding hydrogens is 440 g/mol. The third-order valence-electron chi connectivity index (χ3n) is 4.56. The van der Waals surface area contributed by atoms with Crippen molar-refractivity contribution in [3.05, 3.63) is 41.6 Å². The van der Waals surface area contributed by atoms with Crippen LogP contribution >= 0.6 is 11.6 Å². The molecule has 0 aliphatic carbocycles. The predicted molar refractivity (Wildman–Crippen MR) is 123 cm³/mol. The van der Waals surface area contributed by atoms with Gasteiger partial charge in [-0.25, -0.2) is 18.2 Å². The molecule has 1 aromatic heterocycles. The second-order valence-corrected chi connectivity index (χ2v) is 10.6. The number of rotatable bonds is 4. The van der Waals surface area contributed by atoms with Gasteiger partial charge in [-0.05, 0) is 56.2 Å². The van der Waals surface area contributed by atoms with Crippen LogP contribution in [0.5, 0.6) is 0 Å². The number of pyridine rings is 1. The van der Waals surface area contributed by atoms with Gasteiger partial charge in [-0.2, -0.15) is 0 Å². The summed E-state index contributed by atoms with van der Waals surface area (Å²) in [6, 6.07) is 10.7. The Bertz CT molecular complexity index is 1040. The van der Waals surface area contributed by atoms with Gasteiger partial charge in [0.25, 0.3) is 0 Å². The van der Waals surface area contributed by atoms with Crippen molar-refractivity contribution < 1.29 is 17.9 Å². The van der Waals surface area contributed by atoms with Gasteiger partial charge in [0.2, 0.25) is 10.0 Å². The Hall–Kier alpha value is -2.52. The molecule has 10 heteroatoms. The number of anilines is 2. The summed E-state index contributed by atoms with van der Waals surface area (Å²) in [5.74, 6) is 0.727. The number of carbonyl (C=O) groups is 1. The van der Waals surface area contributed by atoms with E-state index >= 15 is 0 Å². The number of halogens is 1. The first kappa shape index (κ1) is 23.1. The largest absolute Gasteiger partial charge is 0.444 e. The minimum atomic E-state index is -3.33. The fraction of sp³-hybridized carbons (Fsp3) is 0.429. The summed E-state index contributed by atoms with van der Waals surface area (Å²) in [5.41, 5.74) is 1.72. The molecular formula is C21H27ClN4O4S. The molecule has 31 heavy (non-hydrogen) atoms. The lowest BCUT2D eigenvalue weighted by atomic mass is 10.1. The first-order chi connectivity index (χ1) is 14.4. The van der Waals surface area contributed by atoms with Crippen molar-refractivity contribution in [2.24, 2.45) is 0 Å². The van der Waals surface area contributed by atoms with Crippen LogP contribution in [0.1, 0.15) is 20.8 Å². The van der Waals surface area contributed by atoms with Crippen molar-refractivity contribution in [2.45, 2.75) is 26.4 Å². The lowest BCUT2D eigenvalue weighted by molar-refractivity contribution is 0.0240. The highest BCUT2D eigenvalue weighted by molar-refractivity contribution is 7.92. The van der Waals surface area contributed by atoms with Gasteiger partial charge in [-0.15, -0.1) is 0 Å². The zero-order valence-electron chi connectivity index (χ0n) is 18.1. The van der Waals surface area contributed by atoms with Crippen LogP contribution in [0.3, 0.4) is 0 Å². The van der Waals surface area contributed by atoms with Crippen LogP contribution in [0.2, 0.25) is 5.15 Å². The minimum absolute atomic E-state index is 0.310. The Morgan fingerprint density at radius 3 is 2.23 bits per heavy atom. The van der Waals surface area contributed by atoms with E-state index in [1.165, 1.54) is 0 Å². The topological polar surface area (TPSA) is 91.8 Å². The Kier molecular flexibility index (Phi) is 6.66. The molecule has 1 N–H and O–H groups in total. The van der Waals surface area contributed by atoms with E-state index in [0.29, 0.717) is 37.0 Å². The third kappa shape index (κ3) is 6.73. The van der Waals surface area contributed by atoms with Crippen LogP contribution in [-0.2, 0) is 14.8 Å². The first-order valence-corrected chi connectivity index (χ1v) is 12.2. The van der Waals surface area contributed by atoms with Gasteiger partial charge >= 0.3 is 6.09 Å². The van der Waals surface area contributed by atoms with Gasteiger partial charge in [0.1, 0.15) is 16.6 Å². The number of ether oxygens (including phenoxy) is 1. The fourth-order valence-corrected chi connectivity index (χ4v) is 3.97. The molecule has 2 heterocycles. The molecule has 1 amide bonds. The molecule has 0 saturated carbocycles. The van der Waals surface area contributed by atoms with Crippen molar-refractivity contribution >= 4 is 39.2 Å². The molecule has 1 saturated heterocycles. The maximum absolute atomic E-state index is 12.3. The van der Waals surface area contributed by atoms with Gasteiger partial charge in [-0.1, -0.05) is 23.7 Å². The molecule has 1 aliphatic heterocycles. The van der Waals surface area contributed by atoms with Crippen molar-refractivity contribution in [3.8, 4) is 11.1 Å². The highest BCUT2D eigenvalue weighted by Crippen LogP contribution is 2.28. The number of aromatic nitrogens is 1. The summed E-state index contributed by atoms with van der Waals surface area (Å²) in [4.78, 5) is 20.5. The second-order valence-electron chi connectivity index (χ2n) is 8.44. The summed E-state index contributed by atoms with van der Waals surface area (Å²) in [6.07, 6.45) is 0.799. The SMILES string of the molecule is CC(C)(C)OC(=O)N1CCN(c2cc(-c3ccc(NS(C)(=O)=O)cc3)cc(Cl)n2)CC1. The number of nitrogens with one attached hydrogen (secondary N) is 1. The summed E-state index contributed by atoms with van der Waals surface area (Å²) >= 11 is 6.28. The highest BCUT2D eigenvalue weighted by Gasteiger charge is 2.26. The summed E-state index contributed by atoms with van der Waals surface area (Å²) < 4.78 is 30.6. The van der Waals surface area contributed by atoms with E-state index in [1.807, 2.05) is 39.0 Å². The lowest BCUT2D eigenvalue weighted by Gasteiger charge is -2.36. The molecule has 1 aromatic carbocycles. The van der Waals surface area contributed by atoms with Crippen LogP contribution < -0.4 is 9.62 Å². The molecule has 8 nitrogen and oxygen atoms in total. The van der Waals surface area contributed by atoms with Crippen molar-refractivity contribution in [1.82, 2.24) is 9.88 Å². The highest BCUT2D eigenvalue weighted by atomic mass is 35.5. The van der Waals surface area contributed by atoms with Crippen molar-refractivity contribution in [2.75, 3.05) is 42.1 Å². The van der Waals surface area contributed by atoms with E-state index in [0.717, 1.165) is 23.2 Å². The smallest absolute Gasteiger partial charge is 0.410 e. The van der Waals surface area contributed by atoms with Crippen molar-refractivity contribution in [1.29, 1.82) is 0 Å². The summed E-state index contributed by atoms with van der Waals surface area (Å²) in [5, 5.41) is 0.361. The molecule has 0 radical (unpaired) electrons. The predicted octanol–water partition coefficient (Wildman–Crippen LogP) is 3.83. The van der Waals surface area contributed by atoms with E-state index in [-0.39, 0.29) is 6.09 Å². The Balaban J connectivity index is 1.71. The molecule has 0 spiro atoms. The van der Waals surface area contributed by atoms with Crippen LogP contribution in [0.25, 0.3) is 11.1 Å². The Labute approximate surface area is 188 Å². The van der Waals surface area contributed by atoms with Gasteiger partial charge in [0, 0.05) is 31.9 Å². The second kappa shape index (κ2) is 8.92. The number of hydrogen-bond acceptors (Lipinski definition) is 6. The van der Waals surface area contributed by atoms with Crippen LogP contribution in [-0.4, -0.2) is 62.4 Å². The molecule has 0 atom stereocenters. The first-order valence-electron chi connectivity index (χ1n) is 9.88. The maximum Gasteiger partial charge on any atom is 0.410 e. The molecule has 0 unspecified atom stereocenters. The number of nitrogens with zero attached hydrogens (tertiary/aromatic N) is 3. The number of hydrogen-bond donors (Lipinski definition) is 1. The van der Waals surface area contributed by atoms with Crippen LogP contribution in [0, 0.1) is 0 Å². The minimum Gasteiger partial charge on any atom is -0.444 e. The van der Waals surface area contributed by atoms with Crippen LogP contribution in [0.15, 0.2) is 36.4 Å². The fourth-order valence-electron chi connectivity index (χ4n) is 3.20. The van der Waals surface area contributed by atoms with E-state index < -0.39 is 15.6 Å². The lowest BCUT2D eigenvalue weighted by Crippen LogP contribution is -2.50. The number of sulfonamides is 1. The van der Waals surface area contributed by atoms with Gasteiger partial charge < -0.3 is 14.5 Å². The normalized spacial score (nSPS) is 15.0. The molecule has 168 valence electrons.